The van der Waals surface area contributed by atoms with Crippen molar-refractivity contribution in [3.63, 3.8) is 0 Å². The molecule has 0 aliphatic heterocycles. The Bertz CT molecular complexity index is 329. The van der Waals surface area contributed by atoms with E-state index >= 15 is 0 Å². The first-order valence-electron chi connectivity index (χ1n) is 8.49. The van der Waals surface area contributed by atoms with Crippen molar-refractivity contribution >= 4 is 5.91 Å². The van der Waals surface area contributed by atoms with Crippen molar-refractivity contribution in [3.05, 3.63) is 0 Å². The average Bonchev–Trinajstić information content (AvgIpc) is 2.32. The first kappa shape index (κ1) is 14.4. The van der Waals surface area contributed by atoms with Crippen molar-refractivity contribution in [3.8, 4) is 0 Å². The number of hydrogen-bond donors (Lipinski definition) is 2. The van der Waals surface area contributed by atoms with Crippen molar-refractivity contribution in [2.45, 2.75) is 70.8 Å². The molecule has 0 radical (unpaired) electrons. The number of carbonyl (C=O) groups excluding carboxylic acids is 1. The van der Waals surface area contributed by atoms with Gasteiger partial charge in [0.25, 0.3) is 0 Å². The summed E-state index contributed by atoms with van der Waals surface area (Å²) in [6.07, 6.45) is 10.4. The minimum absolute atomic E-state index is 0.248. The Hall–Kier alpha value is -0.570. The van der Waals surface area contributed by atoms with Gasteiger partial charge in [0.15, 0.2) is 0 Å². The molecule has 4 bridgehead atoms. The largest absolute Gasteiger partial charge is 0.393 e. The summed E-state index contributed by atoms with van der Waals surface area (Å²) in [4.78, 5) is 12.2. The lowest BCUT2D eigenvalue weighted by Gasteiger charge is -2.56. The number of amides is 1. The molecule has 4 rings (SSSR count). The Morgan fingerprint density at radius 1 is 1.20 bits per heavy atom. The third-order valence-corrected chi connectivity index (χ3v) is 5.82. The van der Waals surface area contributed by atoms with Crippen LogP contribution >= 0.6 is 0 Å². The highest BCUT2D eigenvalue weighted by atomic mass is 16.3. The predicted octanol–water partition coefficient (Wildman–Crippen LogP) is 2.87. The molecule has 0 spiro atoms. The Balaban J connectivity index is 1.46. The molecule has 0 saturated heterocycles. The SMILES string of the molecule is CC(O)CCCNC(=O)CC12CC3CC(CC(C3)C1)C2. The van der Waals surface area contributed by atoms with Gasteiger partial charge in [-0.1, -0.05) is 0 Å². The maximum atomic E-state index is 12.2. The van der Waals surface area contributed by atoms with Gasteiger partial charge in [-0.15, -0.1) is 0 Å². The second-order valence-electron chi connectivity index (χ2n) is 7.94. The molecule has 3 heteroatoms. The summed E-state index contributed by atoms with van der Waals surface area (Å²) in [5.74, 6) is 3.01. The molecule has 4 aliphatic rings. The van der Waals surface area contributed by atoms with E-state index in [1.54, 1.807) is 6.92 Å². The van der Waals surface area contributed by atoms with E-state index in [0.717, 1.165) is 43.6 Å². The van der Waals surface area contributed by atoms with E-state index in [1.165, 1.54) is 38.5 Å². The molecule has 4 aliphatic carbocycles. The predicted molar refractivity (Wildman–Crippen MR) is 79.1 cm³/mol. The lowest BCUT2D eigenvalue weighted by molar-refractivity contribution is -0.129. The molecule has 1 amide bonds. The van der Waals surface area contributed by atoms with Gasteiger partial charge >= 0.3 is 0 Å². The molecular weight excluding hydrogens is 250 g/mol. The third-order valence-electron chi connectivity index (χ3n) is 5.82. The van der Waals surface area contributed by atoms with E-state index in [9.17, 15) is 9.90 Å². The highest BCUT2D eigenvalue weighted by Crippen LogP contribution is 2.61. The molecule has 4 saturated carbocycles. The third kappa shape index (κ3) is 3.19. The molecule has 2 N–H and O–H groups in total. The molecule has 4 fully saturated rings. The van der Waals surface area contributed by atoms with E-state index in [1.807, 2.05) is 0 Å². The Labute approximate surface area is 122 Å². The minimum Gasteiger partial charge on any atom is -0.393 e. The number of aliphatic hydroxyl groups excluding tert-OH is 1. The van der Waals surface area contributed by atoms with Crippen LogP contribution in [0.2, 0.25) is 0 Å². The first-order chi connectivity index (χ1) is 9.55. The minimum atomic E-state index is -0.255. The summed E-state index contributed by atoms with van der Waals surface area (Å²) in [6, 6.07) is 0. The van der Waals surface area contributed by atoms with Crippen LogP contribution in [-0.4, -0.2) is 23.7 Å². The molecule has 1 atom stereocenters. The van der Waals surface area contributed by atoms with Crippen molar-refractivity contribution < 1.29 is 9.90 Å². The number of rotatable bonds is 6. The van der Waals surface area contributed by atoms with Gasteiger partial charge in [-0.2, -0.15) is 0 Å². The van der Waals surface area contributed by atoms with Gasteiger partial charge in [0.05, 0.1) is 6.10 Å². The van der Waals surface area contributed by atoms with E-state index < -0.39 is 0 Å². The summed E-state index contributed by atoms with van der Waals surface area (Å²) >= 11 is 0. The quantitative estimate of drug-likeness (QED) is 0.735. The Morgan fingerprint density at radius 3 is 2.25 bits per heavy atom. The van der Waals surface area contributed by atoms with Crippen LogP contribution in [0.25, 0.3) is 0 Å². The number of nitrogens with one attached hydrogen (secondary N) is 1. The highest BCUT2D eigenvalue weighted by molar-refractivity contribution is 5.76. The smallest absolute Gasteiger partial charge is 0.220 e. The van der Waals surface area contributed by atoms with Gasteiger partial charge < -0.3 is 10.4 Å². The van der Waals surface area contributed by atoms with Gasteiger partial charge in [0, 0.05) is 13.0 Å². The van der Waals surface area contributed by atoms with Crippen LogP contribution in [0.4, 0.5) is 0 Å². The Kier molecular flexibility index (Phi) is 4.07. The lowest BCUT2D eigenvalue weighted by atomic mass is 9.49. The summed E-state index contributed by atoms with van der Waals surface area (Å²) in [7, 11) is 0. The second-order valence-corrected chi connectivity index (χ2v) is 7.94. The molecule has 0 aromatic heterocycles. The van der Waals surface area contributed by atoms with E-state index in [-0.39, 0.29) is 12.0 Å². The van der Waals surface area contributed by atoms with Crippen LogP contribution in [0.5, 0.6) is 0 Å². The van der Waals surface area contributed by atoms with Crippen LogP contribution in [0.1, 0.15) is 64.7 Å². The highest BCUT2D eigenvalue weighted by Gasteiger charge is 2.51. The van der Waals surface area contributed by atoms with Crippen LogP contribution in [0.3, 0.4) is 0 Å². The maximum Gasteiger partial charge on any atom is 0.220 e. The Morgan fingerprint density at radius 2 is 1.75 bits per heavy atom. The van der Waals surface area contributed by atoms with Crippen molar-refractivity contribution in [1.29, 1.82) is 0 Å². The maximum absolute atomic E-state index is 12.2. The molecule has 0 heterocycles. The van der Waals surface area contributed by atoms with Crippen LogP contribution in [0.15, 0.2) is 0 Å². The first-order valence-corrected chi connectivity index (χ1v) is 8.49. The van der Waals surface area contributed by atoms with Crippen LogP contribution in [0, 0.1) is 23.2 Å². The summed E-state index contributed by atoms with van der Waals surface area (Å²) < 4.78 is 0. The molecule has 3 nitrogen and oxygen atoms in total. The monoisotopic (exact) mass is 279 g/mol. The average molecular weight is 279 g/mol. The molecule has 114 valence electrons. The molecule has 1 unspecified atom stereocenters. The number of carbonyl (C=O) groups is 1. The van der Waals surface area contributed by atoms with Crippen LogP contribution in [-0.2, 0) is 4.79 Å². The van der Waals surface area contributed by atoms with Gasteiger partial charge in [0.1, 0.15) is 0 Å². The van der Waals surface area contributed by atoms with E-state index in [2.05, 4.69) is 5.32 Å². The van der Waals surface area contributed by atoms with Gasteiger partial charge in [-0.05, 0) is 81.5 Å². The standard InChI is InChI=1S/C17H29NO2/c1-12(19)3-2-4-18-16(20)11-17-8-13-5-14(9-17)7-15(6-13)10-17/h12-15,19H,2-11H2,1H3,(H,18,20). The van der Waals surface area contributed by atoms with Crippen molar-refractivity contribution in [2.24, 2.45) is 23.2 Å². The molecule has 20 heavy (non-hydrogen) atoms. The fourth-order valence-corrected chi connectivity index (χ4v) is 5.53. The van der Waals surface area contributed by atoms with Gasteiger partial charge in [0.2, 0.25) is 5.91 Å². The zero-order valence-corrected chi connectivity index (χ0v) is 12.7. The molecule has 0 aromatic carbocycles. The molecule has 0 aromatic rings. The summed E-state index contributed by atoms with van der Waals surface area (Å²) in [5.41, 5.74) is 0.350. The van der Waals surface area contributed by atoms with Gasteiger partial charge in [-0.3, -0.25) is 4.79 Å². The van der Waals surface area contributed by atoms with Crippen LogP contribution < -0.4 is 5.32 Å². The number of hydrogen-bond acceptors (Lipinski definition) is 2. The topological polar surface area (TPSA) is 49.3 Å². The van der Waals surface area contributed by atoms with E-state index in [4.69, 9.17) is 0 Å². The summed E-state index contributed by atoms with van der Waals surface area (Å²) in [5, 5.41) is 12.3. The zero-order chi connectivity index (χ0) is 14.2. The van der Waals surface area contributed by atoms with E-state index in [0.29, 0.717) is 5.41 Å². The van der Waals surface area contributed by atoms with Crippen molar-refractivity contribution in [2.75, 3.05) is 6.54 Å². The fraction of sp³-hybridized carbons (Fsp3) is 0.941. The van der Waals surface area contributed by atoms with Gasteiger partial charge in [-0.25, -0.2) is 0 Å². The lowest BCUT2D eigenvalue weighted by Crippen LogP contribution is -2.48. The number of aliphatic hydroxyl groups is 1. The normalized spacial score (nSPS) is 39.8. The van der Waals surface area contributed by atoms with Crippen molar-refractivity contribution in [1.82, 2.24) is 5.32 Å². The second kappa shape index (κ2) is 5.67. The fourth-order valence-electron chi connectivity index (χ4n) is 5.53. The molecular formula is C17H29NO2. The zero-order valence-electron chi connectivity index (χ0n) is 12.7. The summed E-state index contributed by atoms with van der Waals surface area (Å²) in [6.45, 7) is 2.52.